The summed E-state index contributed by atoms with van der Waals surface area (Å²) in [6.07, 6.45) is 1.76. The van der Waals surface area contributed by atoms with Crippen molar-refractivity contribution in [2.75, 3.05) is 12.4 Å². The molecule has 1 N–H and O–H groups in total. The third-order valence-corrected chi connectivity index (χ3v) is 4.52. The molecule has 0 fully saturated rings. The Morgan fingerprint density at radius 2 is 2.22 bits per heavy atom. The van der Waals surface area contributed by atoms with E-state index in [1.165, 1.54) is 11.3 Å². The summed E-state index contributed by atoms with van der Waals surface area (Å²) in [5.41, 5.74) is 0.973. The van der Waals surface area contributed by atoms with E-state index in [9.17, 15) is 0 Å². The van der Waals surface area contributed by atoms with Crippen molar-refractivity contribution in [1.29, 1.82) is 0 Å². The van der Waals surface area contributed by atoms with E-state index < -0.39 is 0 Å². The molecule has 1 heterocycles. The summed E-state index contributed by atoms with van der Waals surface area (Å²) in [6.45, 7) is 0.672. The highest BCUT2D eigenvalue weighted by molar-refractivity contribution is 14.1. The fraction of sp³-hybridized carbons (Fsp3) is 0.182. The first-order valence-corrected chi connectivity index (χ1v) is 7.62. The zero-order chi connectivity index (χ0) is 13.1. The van der Waals surface area contributed by atoms with Crippen LogP contribution in [0.5, 0.6) is 5.75 Å². The quantitative estimate of drug-likeness (QED) is 0.737. The van der Waals surface area contributed by atoms with Crippen LogP contribution in [0.2, 0.25) is 9.49 Å². The van der Waals surface area contributed by atoms with Crippen LogP contribution in [0.3, 0.4) is 0 Å². The van der Waals surface area contributed by atoms with Crippen molar-refractivity contribution >= 4 is 62.8 Å². The van der Waals surface area contributed by atoms with E-state index in [2.05, 4.69) is 32.9 Å². The molecule has 18 heavy (non-hydrogen) atoms. The Morgan fingerprint density at radius 1 is 1.44 bits per heavy atom. The second-order valence-electron chi connectivity index (χ2n) is 3.40. The van der Waals surface area contributed by atoms with Crippen LogP contribution in [0.15, 0.2) is 18.3 Å². The lowest BCUT2D eigenvalue weighted by atomic mass is 10.3. The van der Waals surface area contributed by atoms with E-state index in [0.717, 1.165) is 14.1 Å². The molecule has 0 aliphatic rings. The van der Waals surface area contributed by atoms with Gasteiger partial charge in [-0.05, 0) is 28.7 Å². The molecule has 0 saturated carbocycles. The van der Waals surface area contributed by atoms with Crippen molar-refractivity contribution in [3.05, 3.63) is 36.3 Å². The highest BCUT2D eigenvalue weighted by Crippen LogP contribution is 2.32. The van der Waals surface area contributed by atoms with Gasteiger partial charge >= 0.3 is 0 Å². The van der Waals surface area contributed by atoms with Gasteiger partial charge in [0, 0.05) is 20.7 Å². The molecule has 3 nitrogen and oxygen atoms in total. The number of thiazole rings is 1. The lowest BCUT2D eigenvalue weighted by molar-refractivity contribution is 0.415. The van der Waals surface area contributed by atoms with Crippen LogP contribution in [0.4, 0.5) is 5.69 Å². The van der Waals surface area contributed by atoms with Gasteiger partial charge in [0.2, 0.25) is 0 Å². The molecule has 0 radical (unpaired) electrons. The predicted octanol–water partition coefficient (Wildman–Crippen LogP) is 4.68. The minimum Gasteiger partial charge on any atom is -0.495 e. The zero-order valence-electron chi connectivity index (χ0n) is 9.34. The van der Waals surface area contributed by atoms with Crippen molar-refractivity contribution in [3.8, 4) is 5.75 Å². The molecule has 0 atom stereocenters. The molecule has 0 unspecified atom stereocenters. The number of hydrogen-bond donors (Lipinski definition) is 1. The molecule has 96 valence electrons. The molecular weight excluding hydrogens is 406 g/mol. The molecule has 0 bridgehead atoms. The summed E-state index contributed by atoms with van der Waals surface area (Å²) in [5.74, 6) is 0.655. The van der Waals surface area contributed by atoms with Crippen LogP contribution < -0.4 is 10.1 Å². The van der Waals surface area contributed by atoms with Crippen LogP contribution in [0, 0.1) is 3.57 Å². The molecule has 0 saturated heterocycles. The molecule has 0 aliphatic carbocycles. The van der Waals surface area contributed by atoms with Gasteiger partial charge in [-0.15, -0.1) is 11.3 Å². The lowest BCUT2D eigenvalue weighted by Gasteiger charge is -2.10. The van der Waals surface area contributed by atoms with Crippen molar-refractivity contribution in [2.45, 2.75) is 6.54 Å². The Hall–Kier alpha value is -0.240. The molecular formula is C11H9Cl2IN2OS. The first kappa shape index (κ1) is 14.2. The van der Waals surface area contributed by atoms with Crippen LogP contribution >= 0.6 is 57.1 Å². The minimum absolute atomic E-state index is 0.551. The number of hydrogen-bond acceptors (Lipinski definition) is 4. The summed E-state index contributed by atoms with van der Waals surface area (Å²) in [7, 11) is 1.60. The summed E-state index contributed by atoms with van der Waals surface area (Å²) in [5, 5.41) is 3.92. The maximum Gasteiger partial charge on any atom is 0.183 e. The SMILES string of the molecule is COc1cc(NCc2cnc(Cl)s2)c(I)cc1Cl. The summed E-state index contributed by atoms with van der Waals surface area (Å²) in [6, 6.07) is 3.75. The zero-order valence-corrected chi connectivity index (χ0v) is 13.8. The topological polar surface area (TPSA) is 34.1 Å². The second-order valence-corrected chi connectivity index (χ2v) is 6.67. The molecule has 0 aliphatic heterocycles. The van der Waals surface area contributed by atoms with Gasteiger partial charge in [0.15, 0.2) is 4.47 Å². The van der Waals surface area contributed by atoms with Crippen molar-refractivity contribution in [2.24, 2.45) is 0 Å². The highest BCUT2D eigenvalue weighted by Gasteiger charge is 2.08. The van der Waals surface area contributed by atoms with Crippen molar-refractivity contribution < 1.29 is 4.74 Å². The first-order valence-electron chi connectivity index (χ1n) is 4.97. The van der Waals surface area contributed by atoms with E-state index in [0.29, 0.717) is 21.8 Å². The van der Waals surface area contributed by atoms with Crippen LogP contribution in [-0.4, -0.2) is 12.1 Å². The molecule has 0 amide bonds. The van der Waals surface area contributed by atoms with Gasteiger partial charge in [0.05, 0.1) is 24.4 Å². The minimum atomic E-state index is 0.551. The number of ether oxygens (including phenoxy) is 1. The van der Waals surface area contributed by atoms with E-state index >= 15 is 0 Å². The molecule has 0 spiro atoms. The molecule has 7 heteroatoms. The van der Waals surface area contributed by atoms with E-state index in [1.807, 2.05) is 12.1 Å². The van der Waals surface area contributed by atoms with Gasteiger partial charge in [0.25, 0.3) is 0 Å². The first-order chi connectivity index (χ1) is 8.60. The highest BCUT2D eigenvalue weighted by atomic mass is 127. The number of nitrogens with zero attached hydrogens (tertiary/aromatic N) is 1. The van der Waals surface area contributed by atoms with Crippen molar-refractivity contribution in [3.63, 3.8) is 0 Å². The standard InChI is InChI=1S/C11H9Cl2IN2OS/c1-17-10-3-9(8(14)2-7(10)12)15-4-6-5-16-11(13)18-6/h2-3,5,15H,4H2,1H3. The fourth-order valence-corrected chi connectivity index (χ4v) is 3.37. The summed E-state index contributed by atoms with van der Waals surface area (Å²) in [4.78, 5) is 5.07. The summed E-state index contributed by atoms with van der Waals surface area (Å²) >= 11 is 15.5. The average molecular weight is 415 g/mol. The third-order valence-electron chi connectivity index (χ3n) is 2.22. The molecule has 1 aromatic carbocycles. The Morgan fingerprint density at radius 3 is 2.83 bits per heavy atom. The number of halogens is 3. The maximum atomic E-state index is 6.04. The van der Waals surface area contributed by atoms with E-state index in [-0.39, 0.29) is 0 Å². The fourth-order valence-electron chi connectivity index (χ4n) is 1.37. The van der Waals surface area contributed by atoms with Gasteiger partial charge in [-0.2, -0.15) is 0 Å². The van der Waals surface area contributed by atoms with Crippen LogP contribution in [0.1, 0.15) is 4.88 Å². The Kier molecular flexibility index (Phi) is 4.94. The van der Waals surface area contributed by atoms with Crippen molar-refractivity contribution in [1.82, 2.24) is 4.98 Å². The smallest absolute Gasteiger partial charge is 0.183 e. The Balaban J connectivity index is 2.13. The predicted molar refractivity (Wildman–Crippen MR) is 85.2 cm³/mol. The molecule has 2 aromatic rings. The van der Waals surface area contributed by atoms with Crippen LogP contribution in [-0.2, 0) is 6.54 Å². The largest absolute Gasteiger partial charge is 0.495 e. The number of anilines is 1. The molecule has 1 aromatic heterocycles. The molecule has 2 rings (SSSR count). The third kappa shape index (κ3) is 3.40. The van der Waals surface area contributed by atoms with Gasteiger partial charge in [0.1, 0.15) is 5.75 Å². The van der Waals surface area contributed by atoms with Gasteiger partial charge in [-0.25, -0.2) is 4.98 Å². The average Bonchev–Trinajstić information content (AvgIpc) is 2.74. The number of aromatic nitrogens is 1. The Bertz CT molecular complexity index is 562. The number of benzene rings is 1. The van der Waals surface area contributed by atoms with Gasteiger partial charge in [-0.3, -0.25) is 0 Å². The second kappa shape index (κ2) is 6.27. The van der Waals surface area contributed by atoms with E-state index in [4.69, 9.17) is 27.9 Å². The van der Waals surface area contributed by atoms with Gasteiger partial charge < -0.3 is 10.1 Å². The monoisotopic (exact) mass is 414 g/mol. The van der Waals surface area contributed by atoms with E-state index in [1.54, 1.807) is 13.3 Å². The van der Waals surface area contributed by atoms with Crippen LogP contribution in [0.25, 0.3) is 0 Å². The number of methoxy groups -OCH3 is 1. The summed E-state index contributed by atoms with van der Waals surface area (Å²) < 4.78 is 6.78. The maximum absolute atomic E-state index is 6.04. The number of nitrogens with one attached hydrogen (secondary N) is 1. The van der Waals surface area contributed by atoms with Gasteiger partial charge in [-0.1, -0.05) is 23.2 Å². The Labute approximate surface area is 133 Å². The number of rotatable bonds is 4. The lowest BCUT2D eigenvalue weighted by Crippen LogP contribution is -2.00. The normalized spacial score (nSPS) is 10.4.